The second kappa shape index (κ2) is 6.51. The summed E-state index contributed by atoms with van der Waals surface area (Å²) >= 11 is 0. The maximum atomic E-state index is 4.68. The minimum Gasteiger partial charge on any atom is -0.373 e. The Bertz CT molecular complexity index is 559. The summed E-state index contributed by atoms with van der Waals surface area (Å²) in [7, 11) is 1.89. The number of rotatable bonds is 5. The molecule has 20 heavy (non-hydrogen) atoms. The molecule has 1 aromatic carbocycles. The van der Waals surface area contributed by atoms with E-state index in [4.69, 9.17) is 0 Å². The third-order valence-electron chi connectivity index (χ3n) is 3.30. The van der Waals surface area contributed by atoms with Gasteiger partial charge in [0.25, 0.3) is 0 Å². The normalized spacial score (nSPS) is 10.8. The van der Waals surface area contributed by atoms with Crippen molar-refractivity contribution in [3.05, 3.63) is 41.7 Å². The van der Waals surface area contributed by atoms with Gasteiger partial charge in [-0.2, -0.15) is 0 Å². The molecule has 0 amide bonds. The summed E-state index contributed by atoms with van der Waals surface area (Å²) in [5.74, 6) is 2.07. The Morgan fingerprint density at radius 1 is 1.10 bits per heavy atom. The fourth-order valence-corrected chi connectivity index (χ4v) is 2.13. The quantitative estimate of drug-likeness (QED) is 0.881. The molecule has 0 unspecified atom stereocenters. The summed E-state index contributed by atoms with van der Waals surface area (Å²) in [5, 5.41) is 3.11. The van der Waals surface area contributed by atoms with Crippen molar-refractivity contribution in [1.29, 1.82) is 0 Å². The second-order valence-electron chi connectivity index (χ2n) is 5.35. The van der Waals surface area contributed by atoms with Crippen LogP contribution >= 0.6 is 0 Å². The standard InChI is InChI=1S/C17H23N3/c1-5-6-13-7-9-14(10-8-13)15-11-16(18-4)20-17(19-15)12(2)3/h7-12H,5-6H2,1-4H3,(H,18,19,20). The zero-order valence-corrected chi connectivity index (χ0v) is 12.8. The third-order valence-corrected chi connectivity index (χ3v) is 3.30. The van der Waals surface area contributed by atoms with Crippen LogP contribution in [0.1, 0.15) is 44.5 Å². The summed E-state index contributed by atoms with van der Waals surface area (Å²) in [6, 6.07) is 10.7. The highest BCUT2D eigenvalue weighted by atomic mass is 15.0. The first-order valence-corrected chi connectivity index (χ1v) is 7.30. The van der Waals surface area contributed by atoms with Gasteiger partial charge >= 0.3 is 0 Å². The fraction of sp³-hybridized carbons (Fsp3) is 0.412. The van der Waals surface area contributed by atoms with Gasteiger partial charge in [-0.3, -0.25) is 0 Å². The molecule has 1 aromatic heterocycles. The number of aromatic nitrogens is 2. The monoisotopic (exact) mass is 269 g/mol. The summed E-state index contributed by atoms with van der Waals surface area (Å²) in [4.78, 5) is 9.18. The number of aryl methyl sites for hydroxylation is 1. The molecule has 0 fully saturated rings. The van der Waals surface area contributed by atoms with Crippen molar-refractivity contribution >= 4 is 5.82 Å². The van der Waals surface area contributed by atoms with Gasteiger partial charge < -0.3 is 5.32 Å². The number of hydrogen-bond donors (Lipinski definition) is 1. The van der Waals surface area contributed by atoms with Crippen LogP contribution in [-0.4, -0.2) is 17.0 Å². The van der Waals surface area contributed by atoms with E-state index in [1.165, 1.54) is 12.0 Å². The summed E-state index contributed by atoms with van der Waals surface area (Å²) in [6.07, 6.45) is 2.30. The molecule has 0 atom stereocenters. The van der Waals surface area contributed by atoms with Crippen molar-refractivity contribution in [3.63, 3.8) is 0 Å². The van der Waals surface area contributed by atoms with Crippen LogP contribution in [0.5, 0.6) is 0 Å². The molecule has 106 valence electrons. The molecule has 0 bridgehead atoms. The Morgan fingerprint density at radius 2 is 1.80 bits per heavy atom. The molecule has 0 saturated heterocycles. The maximum absolute atomic E-state index is 4.68. The Balaban J connectivity index is 2.37. The van der Waals surface area contributed by atoms with Crippen molar-refractivity contribution < 1.29 is 0 Å². The van der Waals surface area contributed by atoms with Crippen molar-refractivity contribution in [2.75, 3.05) is 12.4 Å². The van der Waals surface area contributed by atoms with Gasteiger partial charge in [0.05, 0.1) is 5.69 Å². The molecule has 0 spiro atoms. The number of nitrogens with one attached hydrogen (secondary N) is 1. The van der Waals surface area contributed by atoms with E-state index in [9.17, 15) is 0 Å². The van der Waals surface area contributed by atoms with E-state index in [2.05, 4.69) is 60.3 Å². The van der Waals surface area contributed by atoms with Crippen LogP contribution in [0.4, 0.5) is 5.82 Å². The van der Waals surface area contributed by atoms with Gasteiger partial charge in [-0.1, -0.05) is 51.5 Å². The molecule has 2 aromatic rings. The first-order chi connectivity index (χ1) is 9.63. The van der Waals surface area contributed by atoms with Crippen molar-refractivity contribution in [1.82, 2.24) is 9.97 Å². The Labute approximate surface area is 121 Å². The lowest BCUT2D eigenvalue weighted by Crippen LogP contribution is -2.03. The molecular formula is C17H23N3. The predicted molar refractivity (Wildman–Crippen MR) is 85.1 cm³/mol. The van der Waals surface area contributed by atoms with Crippen LogP contribution in [0.25, 0.3) is 11.3 Å². The SMILES string of the molecule is CCCc1ccc(-c2cc(NC)nc(C(C)C)n2)cc1. The van der Waals surface area contributed by atoms with E-state index in [1.807, 2.05) is 13.1 Å². The first-order valence-electron chi connectivity index (χ1n) is 7.30. The zero-order valence-electron chi connectivity index (χ0n) is 12.8. The number of benzene rings is 1. The van der Waals surface area contributed by atoms with Gasteiger partial charge in [0.2, 0.25) is 0 Å². The molecule has 3 nitrogen and oxygen atoms in total. The van der Waals surface area contributed by atoms with E-state index < -0.39 is 0 Å². The van der Waals surface area contributed by atoms with Crippen LogP contribution in [0.3, 0.4) is 0 Å². The molecular weight excluding hydrogens is 246 g/mol. The highest BCUT2D eigenvalue weighted by molar-refractivity contribution is 5.62. The van der Waals surface area contributed by atoms with Crippen LogP contribution < -0.4 is 5.32 Å². The molecule has 1 N–H and O–H groups in total. The smallest absolute Gasteiger partial charge is 0.133 e. The average molecular weight is 269 g/mol. The molecule has 0 radical (unpaired) electrons. The second-order valence-corrected chi connectivity index (χ2v) is 5.35. The topological polar surface area (TPSA) is 37.8 Å². The van der Waals surface area contributed by atoms with Crippen LogP contribution in [0.15, 0.2) is 30.3 Å². The molecule has 0 aliphatic rings. The average Bonchev–Trinajstić information content (AvgIpc) is 2.47. The van der Waals surface area contributed by atoms with Gasteiger partial charge in [-0.25, -0.2) is 9.97 Å². The Morgan fingerprint density at radius 3 is 2.35 bits per heavy atom. The van der Waals surface area contributed by atoms with Gasteiger partial charge in [0, 0.05) is 24.6 Å². The van der Waals surface area contributed by atoms with Gasteiger partial charge in [-0.15, -0.1) is 0 Å². The predicted octanol–water partition coefficient (Wildman–Crippen LogP) is 4.26. The highest BCUT2D eigenvalue weighted by Crippen LogP contribution is 2.23. The van der Waals surface area contributed by atoms with Crippen LogP contribution in [-0.2, 0) is 6.42 Å². The summed E-state index contributed by atoms with van der Waals surface area (Å²) < 4.78 is 0. The van der Waals surface area contributed by atoms with Gasteiger partial charge in [0.1, 0.15) is 11.6 Å². The molecule has 0 aliphatic heterocycles. The number of nitrogens with zero attached hydrogens (tertiary/aromatic N) is 2. The minimum absolute atomic E-state index is 0.321. The third kappa shape index (κ3) is 3.35. The van der Waals surface area contributed by atoms with Crippen LogP contribution in [0, 0.1) is 0 Å². The summed E-state index contributed by atoms with van der Waals surface area (Å²) in [6.45, 7) is 6.43. The number of anilines is 1. The van der Waals surface area contributed by atoms with Crippen molar-refractivity contribution in [3.8, 4) is 11.3 Å². The maximum Gasteiger partial charge on any atom is 0.133 e. The Kier molecular flexibility index (Phi) is 4.72. The highest BCUT2D eigenvalue weighted by Gasteiger charge is 2.09. The molecule has 0 aliphatic carbocycles. The number of hydrogen-bond acceptors (Lipinski definition) is 3. The first kappa shape index (κ1) is 14.5. The molecule has 3 heteroatoms. The van der Waals surface area contributed by atoms with Crippen molar-refractivity contribution in [2.24, 2.45) is 0 Å². The molecule has 0 saturated carbocycles. The van der Waals surface area contributed by atoms with E-state index in [1.54, 1.807) is 0 Å². The lowest BCUT2D eigenvalue weighted by molar-refractivity contribution is 0.777. The van der Waals surface area contributed by atoms with Crippen molar-refractivity contribution in [2.45, 2.75) is 39.5 Å². The largest absolute Gasteiger partial charge is 0.373 e. The fourth-order valence-electron chi connectivity index (χ4n) is 2.13. The minimum atomic E-state index is 0.321. The van der Waals surface area contributed by atoms with Gasteiger partial charge in [-0.05, 0) is 12.0 Å². The van der Waals surface area contributed by atoms with Gasteiger partial charge in [0.15, 0.2) is 0 Å². The Hall–Kier alpha value is -1.90. The van der Waals surface area contributed by atoms with E-state index in [-0.39, 0.29) is 0 Å². The van der Waals surface area contributed by atoms with E-state index in [0.29, 0.717) is 5.92 Å². The van der Waals surface area contributed by atoms with E-state index >= 15 is 0 Å². The lowest BCUT2D eigenvalue weighted by Gasteiger charge is -2.10. The molecule has 2 rings (SSSR count). The van der Waals surface area contributed by atoms with Crippen LogP contribution in [0.2, 0.25) is 0 Å². The zero-order chi connectivity index (χ0) is 14.5. The molecule has 1 heterocycles. The van der Waals surface area contributed by atoms with E-state index in [0.717, 1.165) is 29.3 Å². The lowest BCUT2D eigenvalue weighted by atomic mass is 10.1. The summed E-state index contributed by atoms with van der Waals surface area (Å²) in [5.41, 5.74) is 3.50.